The maximum Gasteiger partial charge on any atom is 0.335 e. The van der Waals surface area contributed by atoms with Crippen LogP contribution in [0.4, 0.5) is 0 Å². The summed E-state index contributed by atoms with van der Waals surface area (Å²) in [5, 5.41) is 2.40. The van der Waals surface area contributed by atoms with Gasteiger partial charge in [-0.15, -0.1) is 0 Å². The van der Waals surface area contributed by atoms with Crippen molar-refractivity contribution in [1.29, 1.82) is 0 Å². The van der Waals surface area contributed by atoms with Crippen molar-refractivity contribution in [3.05, 3.63) is 64.7 Å². The van der Waals surface area contributed by atoms with Gasteiger partial charge in [0.15, 0.2) is 0 Å². The second-order valence-electron chi connectivity index (χ2n) is 7.50. The molecule has 2 aromatic carbocycles. The molecule has 0 saturated heterocycles. The lowest BCUT2D eigenvalue weighted by Gasteiger charge is -2.67. The van der Waals surface area contributed by atoms with Gasteiger partial charge in [-0.25, -0.2) is 4.79 Å². The first kappa shape index (κ1) is 16.1. The van der Waals surface area contributed by atoms with Crippen LogP contribution < -0.4 is 0 Å². The smallest absolute Gasteiger partial charge is 0.335 e. The van der Waals surface area contributed by atoms with E-state index in [2.05, 4.69) is 70.2 Å². The second kappa shape index (κ2) is 5.08. The number of hydrogen-bond acceptors (Lipinski definition) is 2. The average Bonchev–Trinajstić information content (AvgIpc) is 2.63. The van der Waals surface area contributed by atoms with Crippen LogP contribution >= 0.6 is 0 Å². The molecule has 0 aliphatic heterocycles. The van der Waals surface area contributed by atoms with Gasteiger partial charge >= 0.3 is 5.97 Å². The highest BCUT2D eigenvalue weighted by molar-refractivity contribution is 6.12. The summed E-state index contributed by atoms with van der Waals surface area (Å²) in [7, 11) is 0. The third-order valence-electron chi connectivity index (χ3n) is 6.85. The summed E-state index contributed by atoms with van der Waals surface area (Å²) >= 11 is 0. The molecule has 0 heterocycles. The number of ether oxygens (including phenoxy) is 1. The van der Waals surface area contributed by atoms with Crippen LogP contribution in [0.1, 0.15) is 40.2 Å². The Morgan fingerprint density at radius 1 is 0.960 bits per heavy atom. The Bertz CT molecular complexity index is 973. The van der Waals surface area contributed by atoms with E-state index in [0.29, 0.717) is 6.61 Å². The lowest BCUT2D eigenvalue weighted by atomic mass is 9.35. The van der Waals surface area contributed by atoms with Crippen molar-refractivity contribution < 1.29 is 9.53 Å². The zero-order chi connectivity index (χ0) is 18.0. The van der Waals surface area contributed by atoms with Gasteiger partial charge in [-0.05, 0) is 42.7 Å². The summed E-state index contributed by atoms with van der Waals surface area (Å²) in [6, 6.07) is 14.7. The van der Waals surface area contributed by atoms with Crippen LogP contribution in [0.3, 0.4) is 0 Å². The molecule has 0 fully saturated rings. The minimum Gasteiger partial charge on any atom is -0.463 e. The van der Waals surface area contributed by atoms with E-state index in [1.54, 1.807) is 0 Å². The fourth-order valence-corrected chi connectivity index (χ4v) is 5.11. The number of fused-ring (bicyclic) bond motifs is 2. The first-order chi connectivity index (χ1) is 11.9. The van der Waals surface area contributed by atoms with Crippen molar-refractivity contribution in [2.75, 3.05) is 6.61 Å². The number of esters is 1. The molecule has 128 valence electrons. The first-order valence-corrected chi connectivity index (χ1v) is 8.98. The Kier molecular flexibility index (Phi) is 3.28. The van der Waals surface area contributed by atoms with Crippen LogP contribution in [-0.2, 0) is 9.53 Å². The minimum atomic E-state index is -0.213. The molecule has 2 aromatic rings. The molecule has 2 aliphatic carbocycles. The monoisotopic (exact) mass is 332 g/mol. The standard InChI is InChI=1S/C23H24O2/c1-6-25-21(24)20-19(22(4)14(2)15(3)23(20,22)5)18-13-9-11-16-10-7-8-12-17(16)18/h7-13H,6H2,1-5H3. The topological polar surface area (TPSA) is 26.3 Å². The van der Waals surface area contributed by atoms with Gasteiger partial charge in [0.25, 0.3) is 0 Å². The fourth-order valence-electron chi connectivity index (χ4n) is 5.11. The Labute approximate surface area is 149 Å². The predicted octanol–water partition coefficient (Wildman–Crippen LogP) is 5.53. The SMILES string of the molecule is CCOC(=O)C1=C(c2cccc3ccccc23)C2(C)C(C)=C(C)C12C. The van der Waals surface area contributed by atoms with Crippen LogP contribution in [0.15, 0.2) is 59.2 Å². The Morgan fingerprint density at radius 3 is 2.32 bits per heavy atom. The lowest BCUT2D eigenvalue weighted by molar-refractivity contribution is -0.141. The summed E-state index contributed by atoms with van der Waals surface area (Å²) < 4.78 is 5.44. The molecule has 0 bridgehead atoms. The molecule has 2 unspecified atom stereocenters. The van der Waals surface area contributed by atoms with Crippen LogP contribution in [-0.4, -0.2) is 12.6 Å². The molecule has 0 aromatic heterocycles. The molecule has 0 saturated carbocycles. The Balaban J connectivity index is 2.02. The maximum absolute atomic E-state index is 12.8. The highest BCUT2D eigenvalue weighted by Crippen LogP contribution is 2.77. The normalized spacial score (nSPS) is 27.7. The van der Waals surface area contributed by atoms with E-state index in [1.807, 2.05) is 6.92 Å². The Morgan fingerprint density at radius 2 is 1.60 bits per heavy atom. The van der Waals surface area contributed by atoms with Crippen molar-refractivity contribution in [2.24, 2.45) is 10.8 Å². The van der Waals surface area contributed by atoms with Gasteiger partial charge in [-0.2, -0.15) is 0 Å². The third-order valence-corrected chi connectivity index (χ3v) is 6.85. The largest absolute Gasteiger partial charge is 0.463 e. The number of benzene rings is 2. The molecule has 0 spiro atoms. The van der Waals surface area contributed by atoms with E-state index in [0.717, 1.165) is 16.7 Å². The second-order valence-corrected chi connectivity index (χ2v) is 7.50. The van der Waals surface area contributed by atoms with Crippen molar-refractivity contribution in [1.82, 2.24) is 0 Å². The summed E-state index contributed by atoms with van der Waals surface area (Å²) in [5.41, 5.74) is 5.53. The first-order valence-electron chi connectivity index (χ1n) is 8.98. The fraction of sp³-hybridized carbons (Fsp3) is 0.348. The number of allylic oxidation sites excluding steroid dienone is 3. The molecule has 0 N–H and O–H groups in total. The molecule has 2 heteroatoms. The van der Waals surface area contributed by atoms with Crippen LogP contribution in [0.5, 0.6) is 0 Å². The van der Waals surface area contributed by atoms with Crippen molar-refractivity contribution >= 4 is 22.3 Å². The van der Waals surface area contributed by atoms with E-state index in [-0.39, 0.29) is 16.8 Å². The van der Waals surface area contributed by atoms with Crippen molar-refractivity contribution in [3.8, 4) is 0 Å². The van der Waals surface area contributed by atoms with Gasteiger partial charge in [0.05, 0.1) is 12.2 Å². The molecular formula is C23H24O2. The summed E-state index contributed by atoms with van der Waals surface area (Å²) in [6.45, 7) is 11.1. The van der Waals surface area contributed by atoms with Crippen molar-refractivity contribution in [2.45, 2.75) is 34.6 Å². The molecule has 0 radical (unpaired) electrons. The molecular weight excluding hydrogens is 308 g/mol. The van der Waals surface area contributed by atoms with Crippen LogP contribution in [0, 0.1) is 10.8 Å². The quantitative estimate of drug-likeness (QED) is 0.545. The van der Waals surface area contributed by atoms with Gasteiger partial charge in [-0.3, -0.25) is 0 Å². The maximum atomic E-state index is 12.8. The van der Waals surface area contributed by atoms with Gasteiger partial charge in [0.1, 0.15) is 0 Å². The highest BCUT2D eigenvalue weighted by Gasteiger charge is 2.69. The van der Waals surface area contributed by atoms with E-state index in [9.17, 15) is 4.79 Å². The van der Waals surface area contributed by atoms with Gasteiger partial charge in [0, 0.05) is 10.8 Å². The van der Waals surface area contributed by atoms with E-state index in [1.165, 1.54) is 21.9 Å². The molecule has 4 rings (SSSR count). The number of carbonyl (C=O) groups is 1. The molecule has 25 heavy (non-hydrogen) atoms. The van der Waals surface area contributed by atoms with Crippen molar-refractivity contribution in [3.63, 3.8) is 0 Å². The summed E-state index contributed by atoms with van der Waals surface area (Å²) in [6.07, 6.45) is 0. The predicted molar refractivity (Wildman–Crippen MR) is 102 cm³/mol. The Hall–Kier alpha value is -2.35. The number of hydrogen-bond donors (Lipinski definition) is 0. The summed E-state index contributed by atoms with van der Waals surface area (Å²) in [4.78, 5) is 12.8. The highest BCUT2D eigenvalue weighted by atomic mass is 16.5. The summed E-state index contributed by atoms with van der Waals surface area (Å²) in [5.74, 6) is -0.169. The molecule has 2 atom stereocenters. The zero-order valence-electron chi connectivity index (χ0n) is 15.6. The third kappa shape index (κ3) is 1.67. The molecule has 2 aliphatic rings. The van der Waals surface area contributed by atoms with E-state index in [4.69, 9.17) is 4.74 Å². The van der Waals surface area contributed by atoms with Gasteiger partial charge in [0.2, 0.25) is 0 Å². The molecule has 2 nitrogen and oxygen atoms in total. The average molecular weight is 332 g/mol. The zero-order valence-corrected chi connectivity index (χ0v) is 15.6. The van der Waals surface area contributed by atoms with Crippen LogP contribution in [0.25, 0.3) is 16.3 Å². The number of carbonyl (C=O) groups excluding carboxylic acids is 1. The van der Waals surface area contributed by atoms with Gasteiger partial charge < -0.3 is 4.74 Å². The van der Waals surface area contributed by atoms with Crippen LogP contribution in [0.2, 0.25) is 0 Å². The van der Waals surface area contributed by atoms with E-state index >= 15 is 0 Å². The minimum absolute atomic E-state index is 0.0939. The number of rotatable bonds is 3. The van der Waals surface area contributed by atoms with Gasteiger partial charge in [-0.1, -0.05) is 67.5 Å². The lowest BCUT2D eigenvalue weighted by Crippen LogP contribution is -2.60. The molecule has 0 amide bonds. The van der Waals surface area contributed by atoms with E-state index < -0.39 is 0 Å².